The van der Waals surface area contributed by atoms with E-state index in [2.05, 4.69) is 13.8 Å². The molecule has 0 spiro atoms. The SMILES string of the molecule is CC1(C)CCN(c2c(F)cc(C(=N)N)cc2F)C1. The molecule has 0 atom stereocenters. The standard InChI is InChI=1S/C13H17F2N3/c1-13(2)3-4-18(7-13)11-9(14)5-8(12(16)17)6-10(11)15/h5-6H,3-4,7H2,1-2H3,(H3,16,17). The fraction of sp³-hybridized carbons (Fsp3) is 0.462. The quantitative estimate of drug-likeness (QED) is 0.628. The molecule has 5 heteroatoms. The van der Waals surface area contributed by atoms with Crippen LogP contribution in [0.5, 0.6) is 0 Å². The number of anilines is 1. The molecule has 1 saturated heterocycles. The van der Waals surface area contributed by atoms with E-state index >= 15 is 0 Å². The Balaban J connectivity index is 2.38. The van der Waals surface area contributed by atoms with Gasteiger partial charge in [0.15, 0.2) is 0 Å². The van der Waals surface area contributed by atoms with Gasteiger partial charge >= 0.3 is 0 Å². The van der Waals surface area contributed by atoms with Crippen molar-refractivity contribution in [1.29, 1.82) is 5.41 Å². The second-order valence-electron chi connectivity index (χ2n) is 5.54. The number of benzene rings is 1. The summed E-state index contributed by atoms with van der Waals surface area (Å²) in [6.45, 7) is 5.42. The molecule has 2 rings (SSSR count). The lowest BCUT2D eigenvalue weighted by Crippen LogP contribution is -2.25. The molecule has 1 fully saturated rings. The Labute approximate surface area is 105 Å². The fourth-order valence-corrected chi connectivity index (χ4v) is 2.33. The van der Waals surface area contributed by atoms with Crippen LogP contribution in [-0.4, -0.2) is 18.9 Å². The number of halogens is 2. The summed E-state index contributed by atoms with van der Waals surface area (Å²) in [6.07, 6.45) is 0.903. The van der Waals surface area contributed by atoms with Crippen LogP contribution in [0.25, 0.3) is 0 Å². The van der Waals surface area contributed by atoms with Crippen LogP contribution in [-0.2, 0) is 0 Å². The number of hydrogen-bond donors (Lipinski definition) is 2. The summed E-state index contributed by atoms with van der Waals surface area (Å²) in [5, 5.41) is 7.20. The zero-order valence-corrected chi connectivity index (χ0v) is 10.6. The highest BCUT2D eigenvalue weighted by Gasteiger charge is 2.32. The number of nitrogens with zero attached hydrogens (tertiary/aromatic N) is 1. The van der Waals surface area contributed by atoms with Gasteiger partial charge in [-0.3, -0.25) is 5.41 Å². The Hall–Kier alpha value is -1.65. The van der Waals surface area contributed by atoms with E-state index < -0.39 is 11.6 Å². The summed E-state index contributed by atoms with van der Waals surface area (Å²) in [5.41, 5.74) is 5.37. The summed E-state index contributed by atoms with van der Waals surface area (Å²) in [6, 6.07) is 2.23. The van der Waals surface area contributed by atoms with Gasteiger partial charge in [0.25, 0.3) is 0 Å². The third kappa shape index (κ3) is 2.30. The zero-order chi connectivity index (χ0) is 13.5. The van der Waals surface area contributed by atoms with Crippen LogP contribution < -0.4 is 10.6 Å². The van der Waals surface area contributed by atoms with Crippen LogP contribution >= 0.6 is 0 Å². The Bertz CT molecular complexity index is 474. The third-order valence-corrected chi connectivity index (χ3v) is 3.32. The first-order valence-electron chi connectivity index (χ1n) is 5.88. The highest BCUT2D eigenvalue weighted by atomic mass is 19.1. The summed E-state index contributed by atoms with van der Waals surface area (Å²) in [7, 11) is 0. The highest BCUT2D eigenvalue weighted by molar-refractivity contribution is 5.95. The maximum Gasteiger partial charge on any atom is 0.150 e. The van der Waals surface area contributed by atoms with Crippen molar-refractivity contribution in [3.63, 3.8) is 0 Å². The lowest BCUT2D eigenvalue weighted by Gasteiger charge is -2.22. The predicted octanol–water partition coefficient (Wildman–Crippen LogP) is 2.49. The maximum absolute atomic E-state index is 13.9. The smallest absolute Gasteiger partial charge is 0.150 e. The number of nitrogens with two attached hydrogens (primary N) is 1. The Kier molecular flexibility index (Phi) is 3.00. The largest absolute Gasteiger partial charge is 0.384 e. The molecule has 0 aromatic heterocycles. The minimum atomic E-state index is -0.655. The number of amidine groups is 1. The molecule has 0 amide bonds. The number of nitrogen functional groups attached to an aromatic ring is 1. The van der Waals surface area contributed by atoms with Crippen molar-refractivity contribution in [2.24, 2.45) is 11.1 Å². The Morgan fingerprint density at radius 1 is 1.33 bits per heavy atom. The first-order chi connectivity index (χ1) is 8.30. The molecular formula is C13H17F2N3. The van der Waals surface area contributed by atoms with E-state index in [0.717, 1.165) is 18.6 Å². The van der Waals surface area contributed by atoms with E-state index in [-0.39, 0.29) is 22.5 Å². The van der Waals surface area contributed by atoms with E-state index in [1.54, 1.807) is 4.90 Å². The minimum Gasteiger partial charge on any atom is -0.384 e. The molecule has 1 aromatic carbocycles. The van der Waals surface area contributed by atoms with Gasteiger partial charge in [-0.2, -0.15) is 0 Å². The summed E-state index contributed by atoms with van der Waals surface area (Å²) in [4.78, 5) is 1.72. The molecule has 1 aliphatic heterocycles. The number of nitrogens with one attached hydrogen (secondary N) is 1. The van der Waals surface area contributed by atoms with Crippen molar-refractivity contribution in [2.75, 3.05) is 18.0 Å². The van der Waals surface area contributed by atoms with Crippen LogP contribution in [0, 0.1) is 22.5 Å². The van der Waals surface area contributed by atoms with Gasteiger partial charge in [-0.05, 0) is 24.0 Å². The molecule has 1 aromatic rings. The van der Waals surface area contributed by atoms with Gasteiger partial charge in [0.05, 0.1) is 0 Å². The minimum absolute atomic E-state index is 0.00873. The summed E-state index contributed by atoms with van der Waals surface area (Å²) >= 11 is 0. The predicted molar refractivity (Wildman–Crippen MR) is 68.0 cm³/mol. The van der Waals surface area contributed by atoms with Crippen molar-refractivity contribution in [2.45, 2.75) is 20.3 Å². The van der Waals surface area contributed by atoms with Crippen molar-refractivity contribution < 1.29 is 8.78 Å². The second-order valence-corrected chi connectivity index (χ2v) is 5.54. The molecule has 3 nitrogen and oxygen atoms in total. The molecule has 0 aliphatic carbocycles. The number of hydrogen-bond acceptors (Lipinski definition) is 2. The fourth-order valence-electron chi connectivity index (χ4n) is 2.33. The van der Waals surface area contributed by atoms with Crippen LogP contribution in [0.1, 0.15) is 25.8 Å². The number of rotatable bonds is 2. The van der Waals surface area contributed by atoms with E-state index in [0.29, 0.717) is 13.1 Å². The van der Waals surface area contributed by atoms with Crippen molar-refractivity contribution in [1.82, 2.24) is 0 Å². The van der Waals surface area contributed by atoms with Crippen LogP contribution in [0.2, 0.25) is 0 Å². The van der Waals surface area contributed by atoms with Crippen molar-refractivity contribution >= 4 is 11.5 Å². The van der Waals surface area contributed by atoms with Crippen LogP contribution in [0.3, 0.4) is 0 Å². The lowest BCUT2D eigenvalue weighted by atomic mass is 9.93. The monoisotopic (exact) mass is 253 g/mol. The average molecular weight is 253 g/mol. The zero-order valence-electron chi connectivity index (χ0n) is 10.6. The van der Waals surface area contributed by atoms with E-state index in [4.69, 9.17) is 11.1 Å². The van der Waals surface area contributed by atoms with Crippen molar-refractivity contribution in [3.05, 3.63) is 29.3 Å². The van der Waals surface area contributed by atoms with Crippen molar-refractivity contribution in [3.8, 4) is 0 Å². The van der Waals surface area contributed by atoms with Crippen LogP contribution in [0.4, 0.5) is 14.5 Å². The third-order valence-electron chi connectivity index (χ3n) is 3.32. The first-order valence-corrected chi connectivity index (χ1v) is 5.88. The molecule has 1 heterocycles. The van der Waals surface area contributed by atoms with Gasteiger partial charge in [-0.1, -0.05) is 13.8 Å². The molecule has 3 N–H and O–H groups in total. The normalized spacial score (nSPS) is 18.1. The molecule has 0 bridgehead atoms. The maximum atomic E-state index is 13.9. The molecule has 0 radical (unpaired) electrons. The first kappa shape index (κ1) is 12.8. The second kappa shape index (κ2) is 4.23. The van der Waals surface area contributed by atoms with E-state index in [9.17, 15) is 8.78 Å². The topological polar surface area (TPSA) is 53.1 Å². The van der Waals surface area contributed by atoms with Gasteiger partial charge in [-0.15, -0.1) is 0 Å². The molecule has 18 heavy (non-hydrogen) atoms. The molecule has 0 unspecified atom stereocenters. The van der Waals surface area contributed by atoms with Gasteiger partial charge in [0.1, 0.15) is 23.2 Å². The summed E-state index contributed by atoms with van der Waals surface area (Å²) < 4.78 is 27.9. The molecule has 0 saturated carbocycles. The van der Waals surface area contributed by atoms with E-state index in [1.807, 2.05) is 0 Å². The lowest BCUT2D eigenvalue weighted by molar-refractivity contribution is 0.417. The van der Waals surface area contributed by atoms with Gasteiger partial charge < -0.3 is 10.6 Å². The Morgan fingerprint density at radius 3 is 2.28 bits per heavy atom. The Morgan fingerprint density at radius 2 is 1.89 bits per heavy atom. The van der Waals surface area contributed by atoms with Gasteiger partial charge in [-0.25, -0.2) is 8.78 Å². The van der Waals surface area contributed by atoms with E-state index in [1.165, 1.54) is 0 Å². The van der Waals surface area contributed by atoms with Crippen LogP contribution in [0.15, 0.2) is 12.1 Å². The molecular weight excluding hydrogens is 236 g/mol. The molecule has 98 valence electrons. The van der Waals surface area contributed by atoms with Gasteiger partial charge in [0, 0.05) is 18.7 Å². The summed E-state index contributed by atoms with van der Waals surface area (Å²) in [5.74, 6) is -1.64. The molecule has 1 aliphatic rings. The highest BCUT2D eigenvalue weighted by Crippen LogP contribution is 2.35. The average Bonchev–Trinajstić information content (AvgIpc) is 2.57. The van der Waals surface area contributed by atoms with Gasteiger partial charge in [0.2, 0.25) is 0 Å².